The SMILES string of the molecule is COc1ccccc1CNC(=O)c1cnc(Nc2ccc(OC(C)C)cc2)nc1. The maximum atomic E-state index is 12.3. The maximum Gasteiger partial charge on any atom is 0.254 e. The summed E-state index contributed by atoms with van der Waals surface area (Å²) in [5.74, 6) is 1.68. The van der Waals surface area contributed by atoms with Crippen LogP contribution in [0.4, 0.5) is 11.6 Å². The smallest absolute Gasteiger partial charge is 0.254 e. The Labute approximate surface area is 170 Å². The number of amides is 1. The lowest BCUT2D eigenvalue weighted by Gasteiger charge is -2.11. The van der Waals surface area contributed by atoms with E-state index in [1.54, 1.807) is 7.11 Å². The molecule has 29 heavy (non-hydrogen) atoms. The van der Waals surface area contributed by atoms with Gasteiger partial charge in [-0.05, 0) is 44.2 Å². The predicted molar refractivity (Wildman–Crippen MR) is 112 cm³/mol. The number of ether oxygens (including phenoxy) is 2. The van der Waals surface area contributed by atoms with Crippen LogP contribution in [-0.2, 0) is 6.54 Å². The summed E-state index contributed by atoms with van der Waals surface area (Å²) < 4.78 is 10.9. The molecular weight excluding hydrogens is 368 g/mol. The van der Waals surface area contributed by atoms with Gasteiger partial charge in [0.1, 0.15) is 11.5 Å². The molecule has 0 spiro atoms. The number of benzene rings is 2. The Hall–Kier alpha value is -3.61. The molecule has 1 heterocycles. The number of nitrogens with zero attached hydrogens (tertiary/aromatic N) is 2. The quantitative estimate of drug-likeness (QED) is 0.604. The van der Waals surface area contributed by atoms with Crippen molar-refractivity contribution >= 4 is 17.5 Å². The lowest BCUT2D eigenvalue weighted by Crippen LogP contribution is -2.23. The fourth-order valence-corrected chi connectivity index (χ4v) is 2.65. The summed E-state index contributed by atoms with van der Waals surface area (Å²) in [4.78, 5) is 20.8. The molecule has 0 aliphatic heterocycles. The minimum absolute atomic E-state index is 0.124. The van der Waals surface area contributed by atoms with Crippen LogP contribution in [0.15, 0.2) is 60.9 Å². The van der Waals surface area contributed by atoms with Crippen LogP contribution in [0.5, 0.6) is 11.5 Å². The Kier molecular flexibility index (Phi) is 6.63. The van der Waals surface area contributed by atoms with Crippen molar-refractivity contribution in [2.45, 2.75) is 26.5 Å². The van der Waals surface area contributed by atoms with Crippen molar-refractivity contribution in [3.05, 3.63) is 72.1 Å². The van der Waals surface area contributed by atoms with Crippen molar-refractivity contribution in [3.8, 4) is 11.5 Å². The van der Waals surface area contributed by atoms with Crippen molar-refractivity contribution in [2.75, 3.05) is 12.4 Å². The normalized spacial score (nSPS) is 10.5. The molecule has 150 valence electrons. The molecule has 7 nitrogen and oxygen atoms in total. The average Bonchev–Trinajstić information content (AvgIpc) is 2.74. The summed E-state index contributed by atoms with van der Waals surface area (Å²) in [6.45, 7) is 4.32. The molecule has 7 heteroatoms. The molecule has 1 aromatic heterocycles. The van der Waals surface area contributed by atoms with Crippen LogP contribution in [0.25, 0.3) is 0 Å². The number of para-hydroxylation sites is 1. The van der Waals surface area contributed by atoms with Crippen molar-refractivity contribution < 1.29 is 14.3 Å². The van der Waals surface area contributed by atoms with Crippen LogP contribution in [0.2, 0.25) is 0 Å². The summed E-state index contributed by atoms with van der Waals surface area (Å²) >= 11 is 0. The molecular formula is C22H24N4O3. The Morgan fingerprint density at radius 1 is 1.03 bits per heavy atom. The largest absolute Gasteiger partial charge is 0.496 e. The zero-order valence-electron chi connectivity index (χ0n) is 16.7. The zero-order valence-corrected chi connectivity index (χ0v) is 16.7. The molecule has 0 fully saturated rings. The van der Waals surface area contributed by atoms with Gasteiger partial charge in [0, 0.05) is 30.2 Å². The van der Waals surface area contributed by atoms with E-state index in [1.807, 2.05) is 62.4 Å². The third kappa shape index (κ3) is 5.68. The van der Waals surface area contributed by atoms with Gasteiger partial charge in [0.15, 0.2) is 0 Å². The summed E-state index contributed by atoms with van der Waals surface area (Å²) in [5, 5.41) is 5.95. The van der Waals surface area contributed by atoms with Crippen molar-refractivity contribution in [1.82, 2.24) is 15.3 Å². The number of anilines is 2. The van der Waals surface area contributed by atoms with Gasteiger partial charge in [-0.15, -0.1) is 0 Å². The van der Waals surface area contributed by atoms with Crippen LogP contribution < -0.4 is 20.1 Å². The van der Waals surface area contributed by atoms with E-state index in [1.165, 1.54) is 12.4 Å². The van der Waals surface area contributed by atoms with Gasteiger partial charge < -0.3 is 20.1 Å². The monoisotopic (exact) mass is 392 g/mol. The topological polar surface area (TPSA) is 85.4 Å². The van der Waals surface area contributed by atoms with Crippen molar-refractivity contribution in [3.63, 3.8) is 0 Å². The van der Waals surface area contributed by atoms with E-state index in [0.29, 0.717) is 18.1 Å². The maximum absolute atomic E-state index is 12.3. The zero-order chi connectivity index (χ0) is 20.6. The molecule has 0 saturated heterocycles. The van der Waals surface area contributed by atoms with Gasteiger partial charge in [-0.1, -0.05) is 18.2 Å². The van der Waals surface area contributed by atoms with Crippen molar-refractivity contribution in [1.29, 1.82) is 0 Å². The minimum Gasteiger partial charge on any atom is -0.496 e. The molecule has 3 aromatic rings. The lowest BCUT2D eigenvalue weighted by molar-refractivity contribution is 0.0950. The number of carbonyl (C=O) groups excluding carboxylic acids is 1. The Morgan fingerprint density at radius 2 is 1.72 bits per heavy atom. The predicted octanol–water partition coefficient (Wildman–Crippen LogP) is 3.95. The highest BCUT2D eigenvalue weighted by Gasteiger charge is 2.09. The van der Waals surface area contributed by atoms with Gasteiger partial charge in [-0.3, -0.25) is 4.79 Å². The van der Waals surface area contributed by atoms with Crippen LogP contribution >= 0.6 is 0 Å². The van der Waals surface area contributed by atoms with Gasteiger partial charge in [0.05, 0.1) is 18.8 Å². The fourth-order valence-electron chi connectivity index (χ4n) is 2.65. The molecule has 0 bridgehead atoms. The number of aromatic nitrogens is 2. The van der Waals surface area contributed by atoms with Crippen LogP contribution in [-0.4, -0.2) is 29.1 Å². The Bertz CT molecular complexity index is 941. The van der Waals surface area contributed by atoms with Crippen LogP contribution in [0.3, 0.4) is 0 Å². The third-order valence-electron chi connectivity index (χ3n) is 4.03. The van der Waals surface area contributed by atoms with Gasteiger partial charge in [-0.2, -0.15) is 0 Å². The molecule has 0 aliphatic rings. The highest BCUT2D eigenvalue weighted by molar-refractivity contribution is 5.93. The first-order valence-electron chi connectivity index (χ1n) is 9.31. The van der Waals surface area contributed by atoms with Crippen LogP contribution in [0.1, 0.15) is 29.8 Å². The first-order chi connectivity index (χ1) is 14.0. The van der Waals surface area contributed by atoms with Gasteiger partial charge in [0.2, 0.25) is 5.95 Å². The molecule has 1 amide bonds. The van der Waals surface area contributed by atoms with E-state index in [0.717, 1.165) is 22.7 Å². The van der Waals surface area contributed by atoms with E-state index in [-0.39, 0.29) is 12.0 Å². The number of hydrogen-bond acceptors (Lipinski definition) is 6. The second kappa shape index (κ2) is 9.54. The number of hydrogen-bond donors (Lipinski definition) is 2. The highest BCUT2D eigenvalue weighted by Crippen LogP contribution is 2.19. The molecule has 0 atom stereocenters. The third-order valence-corrected chi connectivity index (χ3v) is 4.03. The number of carbonyl (C=O) groups is 1. The number of methoxy groups -OCH3 is 1. The van der Waals surface area contributed by atoms with E-state index in [2.05, 4.69) is 20.6 Å². The molecule has 0 aliphatic carbocycles. The standard InChI is InChI=1S/C22H24N4O3/c1-15(2)29-19-10-8-18(9-11-19)26-22-24-13-17(14-25-22)21(27)23-12-16-6-4-5-7-20(16)28-3/h4-11,13-15H,12H2,1-3H3,(H,23,27)(H,24,25,26). The average molecular weight is 392 g/mol. The van der Waals surface area contributed by atoms with Gasteiger partial charge in [-0.25, -0.2) is 9.97 Å². The highest BCUT2D eigenvalue weighted by atomic mass is 16.5. The summed E-state index contributed by atoms with van der Waals surface area (Å²) in [6, 6.07) is 15.1. The van der Waals surface area contributed by atoms with Gasteiger partial charge in [0.25, 0.3) is 5.91 Å². The first kappa shape index (κ1) is 20.1. The van der Waals surface area contributed by atoms with E-state index < -0.39 is 0 Å². The van der Waals surface area contributed by atoms with E-state index >= 15 is 0 Å². The first-order valence-corrected chi connectivity index (χ1v) is 9.31. The summed E-state index contributed by atoms with van der Waals surface area (Å²) in [6.07, 6.45) is 3.10. The lowest BCUT2D eigenvalue weighted by atomic mass is 10.2. The molecule has 2 aromatic carbocycles. The van der Waals surface area contributed by atoms with Gasteiger partial charge >= 0.3 is 0 Å². The second-order valence-corrected chi connectivity index (χ2v) is 6.61. The molecule has 0 unspecified atom stereocenters. The van der Waals surface area contributed by atoms with E-state index in [4.69, 9.17) is 9.47 Å². The summed E-state index contributed by atoms with van der Waals surface area (Å²) in [7, 11) is 1.60. The molecule has 3 rings (SSSR count). The second-order valence-electron chi connectivity index (χ2n) is 6.61. The van der Waals surface area contributed by atoms with E-state index in [9.17, 15) is 4.79 Å². The number of nitrogens with one attached hydrogen (secondary N) is 2. The Morgan fingerprint density at radius 3 is 2.38 bits per heavy atom. The fraction of sp³-hybridized carbons (Fsp3) is 0.227. The summed E-state index contributed by atoms with van der Waals surface area (Å²) in [5.41, 5.74) is 2.10. The van der Waals surface area contributed by atoms with Crippen molar-refractivity contribution in [2.24, 2.45) is 0 Å². The molecule has 2 N–H and O–H groups in total. The Balaban J connectivity index is 1.57. The molecule has 0 radical (unpaired) electrons. The molecule has 0 saturated carbocycles. The minimum atomic E-state index is -0.252. The van der Waals surface area contributed by atoms with Crippen LogP contribution in [0, 0.1) is 0 Å². The number of rotatable bonds is 8.